The number of hydrogen-bond donors (Lipinski definition) is 3. The van der Waals surface area contributed by atoms with Crippen molar-refractivity contribution in [1.29, 1.82) is 0 Å². The summed E-state index contributed by atoms with van der Waals surface area (Å²) in [6.07, 6.45) is -0.399. The molecular weight excluding hydrogens is 456 g/mol. The quantitative estimate of drug-likeness (QED) is 0.427. The number of anilines is 1. The van der Waals surface area contributed by atoms with Crippen LogP contribution in [0.25, 0.3) is 11.1 Å². The molecule has 4 rings (SSSR count). The Balaban J connectivity index is 1.40. The van der Waals surface area contributed by atoms with E-state index in [4.69, 9.17) is 21.4 Å². The molecule has 8 heteroatoms. The normalized spacial score (nSPS) is 12.9. The van der Waals surface area contributed by atoms with E-state index < -0.39 is 24.0 Å². The van der Waals surface area contributed by atoms with E-state index in [1.807, 2.05) is 36.4 Å². The van der Waals surface area contributed by atoms with Crippen LogP contribution in [0.1, 0.15) is 40.7 Å². The Kier molecular flexibility index (Phi) is 6.84. The van der Waals surface area contributed by atoms with E-state index >= 15 is 0 Å². The number of carbonyl (C=O) groups excluding carboxylic acids is 2. The van der Waals surface area contributed by atoms with E-state index in [2.05, 4.69) is 22.8 Å². The number of benzene rings is 3. The first kappa shape index (κ1) is 23.3. The second-order valence-corrected chi connectivity index (χ2v) is 8.39. The van der Waals surface area contributed by atoms with Crippen LogP contribution in [0.5, 0.6) is 0 Å². The van der Waals surface area contributed by atoms with Gasteiger partial charge in [0.1, 0.15) is 12.6 Å². The number of carboxylic acid groups (broad SMARTS) is 1. The van der Waals surface area contributed by atoms with Crippen molar-refractivity contribution >= 4 is 35.3 Å². The third-order valence-electron chi connectivity index (χ3n) is 5.77. The van der Waals surface area contributed by atoms with Crippen molar-refractivity contribution in [1.82, 2.24) is 5.32 Å². The van der Waals surface area contributed by atoms with E-state index in [1.54, 1.807) is 6.92 Å². The number of carbonyl (C=O) groups is 3. The maximum atomic E-state index is 12.7. The molecule has 0 saturated carbocycles. The van der Waals surface area contributed by atoms with Crippen LogP contribution < -0.4 is 10.6 Å². The standard InChI is InChI=1S/C26H23ClN2O5/c1-2-23(24(30)28-17-12-15(25(31)32)11-16(27)13-17)29-26(33)34-14-22-20-9-5-3-7-18(20)19-8-4-6-10-21(19)22/h3-13,22-23H,2,14H2,1H3,(H,28,30)(H,29,33)(H,31,32)/t23-/m0/s1. The molecule has 174 valence electrons. The summed E-state index contributed by atoms with van der Waals surface area (Å²) >= 11 is 5.95. The van der Waals surface area contributed by atoms with Gasteiger partial charge in [-0.3, -0.25) is 4.79 Å². The van der Waals surface area contributed by atoms with E-state index in [0.717, 1.165) is 22.3 Å². The van der Waals surface area contributed by atoms with Gasteiger partial charge >= 0.3 is 12.1 Å². The van der Waals surface area contributed by atoms with Crippen molar-refractivity contribution in [2.24, 2.45) is 0 Å². The third-order valence-corrected chi connectivity index (χ3v) is 5.99. The molecule has 0 fully saturated rings. The molecule has 2 amide bonds. The average molecular weight is 479 g/mol. The smallest absolute Gasteiger partial charge is 0.407 e. The minimum absolute atomic E-state index is 0.0552. The van der Waals surface area contributed by atoms with Gasteiger partial charge in [0.2, 0.25) is 5.91 Å². The van der Waals surface area contributed by atoms with Crippen LogP contribution in [0, 0.1) is 0 Å². The number of alkyl carbamates (subject to hydrolysis) is 1. The van der Waals surface area contributed by atoms with Gasteiger partial charge in [-0.05, 0) is 46.9 Å². The molecule has 3 aromatic carbocycles. The zero-order chi connectivity index (χ0) is 24.2. The van der Waals surface area contributed by atoms with Crippen LogP contribution in [0.3, 0.4) is 0 Å². The second-order valence-electron chi connectivity index (χ2n) is 7.95. The Bertz CT molecular complexity index is 1210. The Hall–Kier alpha value is -3.84. The van der Waals surface area contributed by atoms with Crippen LogP contribution in [0.4, 0.5) is 10.5 Å². The van der Waals surface area contributed by atoms with Crippen molar-refractivity contribution in [3.63, 3.8) is 0 Å². The predicted octanol–water partition coefficient (Wildman–Crippen LogP) is 5.29. The van der Waals surface area contributed by atoms with E-state index in [0.29, 0.717) is 6.42 Å². The molecule has 1 aliphatic rings. The van der Waals surface area contributed by atoms with Crippen molar-refractivity contribution in [3.05, 3.63) is 88.4 Å². The molecule has 0 aliphatic heterocycles. The van der Waals surface area contributed by atoms with E-state index in [9.17, 15) is 14.4 Å². The molecule has 1 atom stereocenters. The average Bonchev–Trinajstić information content (AvgIpc) is 3.14. The zero-order valence-electron chi connectivity index (χ0n) is 18.4. The molecule has 0 bridgehead atoms. The Morgan fingerprint density at radius 3 is 2.21 bits per heavy atom. The second kappa shape index (κ2) is 9.97. The van der Waals surface area contributed by atoms with Crippen molar-refractivity contribution in [3.8, 4) is 11.1 Å². The largest absolute Gasteiger partial charge is 0.478 e. The number of fused-ring (bicyclic) bond motifs is 3. The Morgan fingerprint density at radius 1 is 1.00 bits per heavy atom. The highest BCUT2D eigenvalue weighted by molar-refractivity contribution is 6.31. The van der Waals surface area contributed by atoms with Crippen LogP contribution in [-0.4, -0.2) is 35.7 Å². The number of aromatic carboxylic acids is 1. The molecule has 0 radical (unpaired) electrons. The van der Waals surface area contributed by atoms with Gasteiger partial charge in [-0.1, -0.05) is 67.1 Å². The first-order valence-electron chi connectivity index (χ1n) is 10.8. The number of hydrogen-bond acceptors (Lipinski definition) is 4. The lowest BCUT2D eigenvalue weighted by molar-refractivity contribution is -0.118. The minimum Gasteiger partial charge on any atom is -0.478 e. The summed E-state index contributed by atoms with van der Waals surface area (Å²) in [5.41, 5.74) is 4.61. The molecule has 0 spiro atoms. The molecule has 0 aromatic heterocycles. The van der Waals surface area contributed by atoms with Gasteiger partial charge in [0.15, 0.2) is 0 Å². The summed E-state index contributed by atoms with van der Waals surface area (Å²) in [4.78, 5) is 36.4. The lowest BCUT2D eigenvalue weighted by Gasteiger charge is -2.19. The highest BCUT2D eigenvalue weighted by Gasteiger charge is 2.29. The summed E-state index contributed by atoms with van der Waals surface area (Å²) in [6.45, 7) is 1.88. The summed E-state index contributed by atoms with van der Waals surface area (Å²) in [6, 6.07) is 19.2. The van der Waals surface area contributed by atoms with Crippen LogP contribution in [-0.2, 0) is 9.53 Å². The topological polar surface area (TPSA) is 105 Å². The Labute approximate surface area is 201 Å². The van der Waals surface area contributed by atoms with E-state index in [-0.39, 0.29) is 28.8 Å². The number of nitrogens with one attached hydrogen (secondary N) is 2. The fourth-order valence-electron chi connectivity index (χ4n) is 4.15. The summed E-state index contributed by atoms with van der Waals surface area (Å²) in [7, 11) is 0. The lowest BCUT2D eigenvalue weighted by atomic mass is 9.98. The zero-order valence-corrected chi connectivity index (χ0v) is 19.1. The van der Waals surface area contributed by atoms with Gasteiger partial charge < -0.3 is 20.5 Å². The molecule has 0 unspecified atom stereocenters. The predicted molar refractivity (Wildman–Crippen MR) is 129 cm³/mol. The number of amides is 2. The SMILES string of the molecule is CC[C@H](NC(=O)OCC1c2ccccc2-c2ccccc21)C(=O)Nc1cc(Cl)cc(C(=O)O)c1. The maximum absolute atomic E-state index is 12.7. The molecule has 7 nitrogen and oxygen atoms in total. The summed E-state index contributed by atoms with van der Waals surface area (Å²) in [5, 5.41) is 14.5. The van der Waals surface area contributed by atoms with Crippen molar-refractivity contribution in [2.75, 3.05) is 11.9 Å². The van der Waals surface area contributed by atoms with Crippen molar-refractivity contribution < 1.29 is 24.2 Å². The van der Waals surface area contributed by atoms with Crippen LogP contribution >= 0.6 is 11.6 Å². The minimum atomic E-state index is -1.16. The van der Waals surface area contributed by atoms with Crippen LogP contribution in [0.2, 0.25) is 5.02 Å². The molecule has 3 aromatic rings. The summed E-state index contributed by atoms with van der Waals surface area (Å²) in [5.74, 6) is -1.76. The van der Waals surface area contributed by atoms with Gasteiger partial charge in [0.05, 0.1) is 5.56 Å². The fraction of sp³-hybridized carbons (Fsp3) is 0.192. The van der Waals surface area contributed by atoms with Gasteiger partial charge in [0.25, 0.3) is 0 Å². The third kappa shape index (κ3) is 4.89. The van der Waals surface area contributed by atoms with Crippen LogP contribution in [0.15, 0.2) is 66.7 Å². The highest BCUT2D eigenvalue weighted by Crippen LogP contribution is 2.44. The lowest BCUT2D eigenvalue weighted by Crippen LogP contribution is -2.43. The molecule has 0 saturated heterocycles. The van der Waals surface area contributed by atoms with Crippen molar-refractivity contribution in [2.45, 2.75) is 25.3 Å². The summed E-state index contributed by atoms with van der Waals surface area (Å²) < 4.78 is 5.51. The molecule has 34 heavy (non-hydrogen) atoms. The Morgan fingerprint density at radius 2 is 1.62 bits per heavy atom. The maximum Gasteiger partial charge on any atom is 0.407 e. The van der Waals surface area contributed by atoms with Gasteiger partial charge in [0, 0.05) is 16.6 Å². The molecule has 3 N–H and O–H groups in total. The monoisotopic (exact) mass is 478 g/mol. The number of halogens is 1. The molecule has 0 heterocycles. The van der Waals surface area contributed by atoms with Gasteiger partial charge in [-0.15, -0.1) is 0 Å². The number of rotatable bonds is 7. The highest BCUT2D eigenvalue weighted by atomic mass is 35.5. The number of carboxylic acids is 1. The fourth-order valence-corrected chi connectivity index (χ4v) is 4.39. The van der Waals surface area contributed by atoms with E-state index in [1.165, 1.54) is 18.2 Å². The first-order chi connectivity index (χ1) is 16.4. The number of ether oxygens (including phenoxy) is 1. The van der Waals surface area contributed by atoms with Gasteiger partial charge in [-0.25, -0.2) is 9.59 Å². The molecule has 1 aliphatic carbocycles. The first-order valence-corrected chi connectivity index (χ1v) is 11.2. The molecular formula is C26H23ClN2O5. The van der Waals surface area contributed by atoms with Gasteiger partial charge in [-0.2, -0.15) is 0 Å².